The van der Waals surface area contributed by atoms with Crippen molar-refractivity contribution < 1.29 is 8.78 Å². The van der Waals surface area contributed by atoms with Gasteiger partial charge in [0, 0.05) is 5.92 Å². The van der Waals surface area contributed by atoms with Crippen molar-refractivity contribution in [3.63, 3.8) is 0 Å². The van der Waals surface area contributed by atoms with Crippen LogP contribution in [0.5, 0.6) is 0 Å². The van der Waals surface area contributed by atoms with Crippen LogP contribution in [-0.2, 0) is 0 Å². The highest BCUT2D eigenvalue weighted by molar-refractivity contribution is 4.91. The third-order valence-corrected chi connectivity index (χ3v) is 2.04. The van der Waals surface area contributed by atoms with Gasteiger partial charge in [-0.25, -0.2) is 15.4 Å². The van der Waals surface area contributed by atoms with Gasteiger partial charge in [-0.1, -0.05) is 6.42 Å². The van der Waals surface area contributed by atoms with Crippen LogP contribution >= 0.6 is 0 Å². The maximum Gasteiger partial charge on any atom is 0.312 e. The van der Waals surface area contributed by atoms with E-state index in [2.05, 4.69) is 4.85 Å². The molecule has 1 atom stereocenters. The molecule has 0 aromatic carbocycles. The summed E-state index contributed by atoms with van der Waals surface area (Å²) in [7, 11) is 0. The molecule has 0 N–H and O–H groups in total. The van der Waals surface area contributed by atoms with E-state index in [9.17, 15) is 8.78 Å². The van der Waals surface area contributed by atoms with E-state index in [1.54, 1.807) is 0 Å². The zero-order chi connectivity index (χ0) is 7.56. The third kappa shape index (κ3) is 1.26. The number of hydrogen-bond donors (Lipinski definition) is 0. The Morgan fingerprint density at radius 2 is 2.00 bits per heavy atom. The Morgan fingerprint density at radius 3 is 2.10 bits per heavy atom. The number of alkyl halides is 2. The highest BCUT2D eigenvalue weighted by Gasteiger charge is 2.38. The van der Waals surface area contributed by atoms with Gasteiger partial charge in [0.25, 0.3) is 6.04 Å². The third-order valence-electron chi connectivity index (χ3n) is 2.04. The molecule has 3 heteroatoms. The molecule has 0 radical (unpaired) electrons. The fourth-order valence-electron chi connectivity index (χ4n) is 1.15. The molecule has 0 aromatic rings. The van der Waals surface area contributed by atoms with Gasteiger partial charge in [-0.05, 0) is 12.8 Å². The number of hydrogen-bond acceptors (Lipinski definition) is 0. The predicted molar refractivity (Wildman–Crippen MR) is 33.7 cm³/mol. The van der Waals surface area contributed by atoms with Crippen LogP contribution in [0.15, 0.2) is 0 Å². The summed E-state index contributed by atoms with van der Waals surface area (Å²) >= 11 is 0. The Kier molecular flexibility index (Phi) is 2.21. The summed E-state index contributed by atoms with van der Waals surface area (Å²) in [6, 6.07) is -1.02. The van der Waals surface area contributed by atoms with Crippen molar-refractivity contribution in [3.8, 4) is 0 Å². The van der Waals surface area contributed by atoms with Crippen LogP contribution in [0.2, 0.25) is 0 Å². The summed E-state index contributed by atoms with van der Waals surface area (Å²) in [6.45, 7) is 6.50. The van der Waals surface area contributed by atoms with Crippen LogP contribution in [-0.4, -0.2) is 12.5 Å². The van der Waals surface area contributed by atoms with Crippen LogP contribution in [0.25, 0.3) is 4.85 Å². The van der Waals surface area contributed by atoms with E-state index >= 15 is 0 Å². The van der Waals surface area contributed by atoms with E-state index in [1.165, 1.54) is 0 Å². The normalized spacial score (nSPS) is 21.8. The minimum absolute atomic E-state index is 0.0162. The molecule has 1 aliphatic rings. The largest absolute Gasteiger partial charge is 0.312 e. The zero-order valence-corrected chi connectivity index (χ0v) is 5.56. The Morgan fingerprint density at radius 1 is 1.40 bits per heavy atom. The summed E-state index contributed by atoms with van der Waals surface area (Å²) in [5.41, 5.74) is 0. The van der Waals surface area contributed by atoms with Crippen molar-refractivity contribution >= 4 is 0 Å². The van der Waals surface area contributed by atoms with Crippen LogP contribution < -0.4 is 0 Å². The predicted octanol–water partition coefficient (Wildman–Crippen LogP) is 2.34. The molecular weight excluding hydrogens is 136 g/mol. The highest BCUT2D eigenvalue weighted by atomic mass is 19.3. The fourth-order valence-corrected chi connectivity index (χ4v) is 1.15. The van der Waals surface area contributed by atoms with E-state index < -0.39 is 12.5 Å². The van der Waals surface area contributed by atoms with Crippen molar-refractivity contribution in [1.82, 2.24) is 0 Å². The van der Waals surface area contributed by atoms with Crippen LogP contribution in [0.4, 0.5) is 8.78 Å². The lowest BCUT2D eigenvalue weighted by atomic mass is 9.80. The molecule has 0 saturated heterocycles. The monoisotopic (exact) mass is 145 g/mol. The Hall–Kier alpha value is -0.650. The average Bonchev–Trinajstić information content (AvgIpc) is 1.76. The first-order valence-corrected chi connectivity index (χ1v) is 3.40. The smallest absolute Gasteiger partial charge is 0.307 e. The van der Waals surface area contributed by atoms with Crippen LogP contribution in [0, 0.1) is 12.5 Å². The summed E-state index contributed by atoms with van der Waals surface area (Å²) in [4.78, 5) is 2.91. The van der Waals surface area contributed by atoms with Gasteiger partial charge >= 0.3 is 6.43 Å². The first kappa shape index (κ1) is 7.46. The summed E-state index contributed by atoms with van der Waals surface area (Å²) < 4.78 is 23.9. The minimum Gasteiger partial charge on any atom is -0.307 e. The molecule has 56 valence electrons. The maximum absolute atomic E-state index is 12.0. The number of nitrogens with zero attached hydrogens (tertiary/aromatic N) is 1. The van der Waals surface area contributed by atoms with Crippen molar-refractivity contribution in [3.05, 3.63) is 11.4 Å². The molecule has 1 unspecified atom stereocenters. The minimum atomic E-state index is -2.44. The molecule has 0 bridgehead atoms. The second-order valence-electron chi connectivity index (χ2n) is 2.65. The molecule has 0 aromatic heterocycles. The Bertz CT molecular complexity index is 146. The molecule has 1 aliphatic carbocycles. The summed E-state index contributed by atoms with van der Waals surface area (Å²) in [5.74, 6) is -0.0162. The quantitative estimate of drug-likeness (QED) is 0.525. The zero-order valence-electron chi connectivity index (χ0n) is 5.56. The highest BCUT2D eigenvalue weighted by Crippen LogP contribution is 2.33. The Labute approximate surface area is 58.9 Å². The van der Waals surface area contributed by atoms with Gasteiger partial charge in [-0.3, -0.25) is 0 Å². The van der Waals surface area contributed by atoms with Gasteiger partial charge in [0.1, 0.15) is 0 Å². The second kappa shape index (κ2) is 2.96. The van der Waals surface area contributed by atoms with E-state index in [-0.39, 0.29) is 5.92 Å². The maximum atomic E-state index is 12.0. The van der Waals surface area contributed by atoms with Gasteiger partial charge in [-0.2, -0.15) is 0 Å². The van der Waals surface area contributed by atoms with E-state index in [0.29, 0.717) is 0 Å². The van der Waals surface area contributed by atoms with Crippen molar-refractivity contribution in [2.75, 3.05) is 0 Å². The molecule has 1 saturated carbocycles. The molecule has 1 fully saturated rings. The molecule has 0 aliphatic heterocycles. The SMILES string of the molecule is [C-]#[N+]C(C(F)F)C1CCC1. The topological polar surface area (TPSA) is 4.36 Å². The standard InChI is InChI=1S/C7H9F2N/c1-10-6(7(8)9)5-3-2-4-5/h5-7H,2-4H2. The van der Waals surface area contributed by atoms with E-state index in [4.69, 9.17) is 6.57 Å². The molecule has 1 rings (SSSR count). The van der Waals surface area contributed by atoms with Gasteiger partial charge in [0.2, 0.25) is 0 Å². The number of rotatable bonds is 2. The van der Waals surface area contributed by atoms with Crippen molar-refractivity contribution in [1.29, 1.82) is 0 Å². The second-order valence-corrected chi connectivity index (χ2v) is 2.65. The van der Waals surface area contributed by atoms with Gasteiger partial charge in [0.05, 0.1) is 0 Å². The van der Waals surface area contributed by atoms with Crippen LogP contribution in [0.3, 0.4) is 0 Å². The van der Waals surface area contributed by atoms with Gasteiger partial charge in [0.15, 0.2) is 0 Å². The molecule has 0 spiro atoms. The van der Waals surface area contributed by atoms with E-state index in [1.807, 2.05) is 0 Å². The lowest BCUT2D eigenvalue weighted by molar-refractivity contribution is 0.0825. The molecule has 1 nitrogen and oxygen atoms in total. The van der Waals surface area contributed by atoms with Gasteiger partial charge in [-0.15, -0.1) is 0 Å². The fraction of sp³-hybridized carbons (Fsp3) is 0.857. The average molecular weight is 145 g/mol. The number of halogens is 2. The van der Waals surface area contributed by atoms with Gasteiger partial charge < -0.3 is 4.85 Å². The Balaban J connectivity index is 2.41. The van der Waals surface area contributed by atoms with Crippen molar-refractivity contribution in [2.45, 2.75) is 31.7 Å². The van der Waals surface area contributed by atoms with E-state index in [0.717, 1.165) is 19.3 Å². The summed E-state index contributed by atoms with van der Waals surface area (Å²) in [5, 5.41) is 0. The first-order valence-electron chi connectivity index (χ1n) is 3.40. The first-order chi connectivity index (χ1) is 4.75. The summed E-state index contributed by atoms with van der Waals surface area (Å²) in [6.07, 6.45) is 0.209. The van der Waals surface area contributed by atoms with Crippen LogP contribution in [0.1, 0.15) is 19.3 Å². The molecule has 0 heterocycles. The van der Waals surface area contributed by atoms with Crippen molar-refractivity contribution in [2.24, 2.45) is 5.92 Å². The molecule has 10 heavy (non-hydrogen) atoms. The molecule has 0 amide bonds. The lowest BCUT2D eigenvalue weighted by Crippen LogP contribution is -2.29. The molecular formula is C7H9F2N. The lowest BCUT2D eigenvalue weighted by Gasteiger charge is -2.25.